The van der Waals surface area contributed by atoms with Gasteiger partial charge in [0, 0.05) is 18.7 Å². The van der Waals surface area contributed by atoms with E-state index in [1.165, 1.54) is 6.07 Å². The van der Waals surface area contributed by atoms with Crippen molar-refractivity contribution < 1.29 is 23.1 Å². The molecule has 1 fully saturated rings. The number of H-pyrrole nitrogens is 1. The van der Waals surface area contributed by atoms with E-state index in [2.05, 4.69) is 9.97 Å². The van der Waals surface area contributed by atoms with E-state index in [0.717, 1.165) is 18.2 Å². The lowest BCUT2D eigenvalue weighted by Gasteiger charge is -2.26. The molecule has 11 heteroatoms. The van der Waals surface area contributed by atoms with Crippen LogP contribution in [0.5, 0.6) is 0 Å². The highest BCUT2D eigenvalue weighted by atomic mass is 35.5. The lowest BCUT2D eigenvalue weighted by Crippen LogP contribution is -2.36. The highest BCUT2D eigenvalue weighted by molar-refractivity contribution is 6.31. The first-order valence-corrected chi connectivity index (χ1v) is 8.98. The molecule has 1 aliphatic rings. The fourth-order valence-corrected chi connectivity index (χ4v) is 3.24. The number of fused-ring (bicyclic) bond motifs is 1. The number of anilines is 2. The summed E-state index contributed by atoms with van der Waals surface area (Å²) in [7, 11) is 0. The molecule has 0 spiro atoms. The summed E-state index contributed by atoms with van der Waals surface area (Å²) in [5.41, 5.74) is -0.402. The molecule has 29 heavy (non-hydrogen) atoms. The van der Waals surface area contributed by atoms with Gasteiger partial charge in [0.05, 0.1) is 29.4 Å². The molecule has 3 aromatic rings. The zero-order valence-corrected chi connectivity index (χ0v) is 15.6. The van der Waals surface area contributed by atoms with E-state index in [4.69, 9.17) is 21.7 Å². The Bertz CT molecular complexity index is 1100. The number of aromatic amines is 1. The van der Waals surface area contributed by atoms with Gasteiger partial charge in [-0.25, -0.2) is 23.2 Å². The van der Waals surface area contributed by atoms with Crippen molar-refractivity contribution in [1.29, 1.82) is 5.41 Å². The second-order valence-corrected chi connectivity index (χ2v) is 6.77. The standard InChI is InChI=1S/C18H15ClF3N5O2/c19-11-7-9(1-2-12(11)20)27(28)17(23)10-8-13(21)14(22)16-15(10)24-18(25-16)26-3-5-29-6-4-26/h1-2,7-8,23,28H,3-6H2,(H,24,25). The zero-order valence-electron chi connectivity index (χ0n) is 14.8. The molecule has 1 aliphatic heterocycles. The fraction of sp³-hybridized carbons (Fsp3) is 0.222. The van der Waals surface area contributed by atoms with Gasteiger partial charge in [-0.15, -0.1) is 0 Å². The number of benzene rings is 2. The van der Waals surface area contributed by atoms with Crippen LogP contribution in [0, 0.1) is 22.9 Å². The summed E-state index contributed by atoms with van der Waals surface area (Å²) in [6.45, 7) is 1.95. The molecule has 1 saturated heterocycles. The largest absolute Gasteiger partial charge is 0.378 e. The third kappa shape index (κ3) is 3.50. The number of aromatic nitrogens is 2. The number of morpholine rings is 1. The molecule has 0 saturated carbocycles. The van der Waals surface area contributed by atoms with Crippen molar-refractivity contribution in [3.05, 3.63) is 52.3 Å². The minimum Gasteiger partial charge on any atom is -0.378 e. The summed E-state index contributed by atoms with van der Waals surface area (Å²) >= 11 is 5.71. The van der Waals surface area contributed by atoms with E-state index >= 15 is 0 Å². The van der Waals surface area contributed by atoms with Crippen molar-refractivity contribution in [2.24, 2.45) is 0 Å². The average molecular weight is 426 g/mol. The van der Waals surface area contributed by atoms with Crippen LogP contribution in [0.4, 0.5) is 24.8 Å². The fourth-order valence-electron chi connectivity index (χ4n) is 3.06. The van der Waals surface area contributed by atoms with E-state index in [9.17, 15) is 18.4 Å². The zero-order chi connectivity index (χ0) is 20.7. The van der Waals surface area contributed by atoms with E-state index < -0.39 is 23.3 Å². The van der Waals surface area contributed by atoms with Crippen molar-refractivity contribution >= 4 is 40.1 Å². The quantitative estimate of drug-likeness (QED) is 0.338. The first-order valence-electron chi connectivity index (χ1n) is 8.60. The van der Waals surface area contributed by atoms with Crippen molar-refractivity contribution in [3.63, 3.8) is 0 Å². The molecular formula is C18H15ClF3N5O2. The third-order valence-corrected chi connectivity index (χ3v) is 4.86. The monoisotopic (exact) mass is 425 g/mol. The Labute approximate surface area is 167 Å². The number of hydrogen-bond acceptors (Lipinski definition) is 5. The van der Waals surface area contributed by atoms with Crippen LogP contribution in [0.3, 0.4) is 0 Å². The van der Waals surface area contributed by atoms with Gasteiger partial charge >= 0.3 is 0 Å². The van der Waals surface area contributed by atoms with Gasteiger partial charge < -0.3 is 14.6 Å². The summed E-state index contributed by atoms with van der Waals surface area (Å²) in [5.74, 6) is -3.36. The van der Waals surface area contributed by atoms with Gasteiger partial charge in [0.1, 0.15) is 11.3 Å². The number of halogens is 4. The SMILES string of the molecule is N=C(c1cc(F)c(F)c2nc(N3CCOCC3)[nH]c12)N(O)c1ccc(F)c(Cl)c1. The number of amidine groups is 1. The molecule has 0 unspecified atom stereocenters. The summed E-state index contributed by atoms with van der Waals surface area (Å²) in [5, 5.41) is 18.8. The molecule has 4 rings (SSSR count). The Morgan fingerprint density at radius 3 is 2.62 bits per heavy atom. The number of rotatable bonds is 3. The molecule has 0 amide bonds. The molecule has 3 N–H and O–H groups in total. The average Bonchev–Trinajstić information content (AvgIpc) is 3.18. The van der Waals surface area contributed by atoms with Crippen LogP contribution >= 0.6 is 11.6 Å². The first kappa shape index (κ1) is 19.5. The summed E-state index contributed by atoms with van der Waals surface area (Å²) in [4.78, 5) is 8.84. The molecule has 0 atom stereocenters. The van der Waals surface area contributed by atoms with Gasteiger partial charge in [-0.3, -0.25) is 10.6 Å². The Balaban J connectivity index is 1.77. The number of hydrogen-bond donors (Lipinski definition) is 3. The van der Waals surface area contributed by atoms with Gasteiger partial charge in [-0.2, -0.15) is 0 Å². The molecule has 0 aliphatic carbocycles. The number of hydroxylamine groups is 1. The second kappa shape index (κ2) is 7.54. The number of ether oxygens (including phenoxy) is 1. The van der Waals surface area contributed by atoms with Crippen LogP contribution in [-0.4, -0.2) is 47.3 Å². The van der Waals surface area contributed by atoms with Gasteiger partial charge in [0.2, 0.25) is 5.95 Å². The lowest BCUT2D eigenvalue weighted by molar-refractivity contribution is 0.122. The van der Waals surface area contributed by atoms with Gasteiger partial charge in [-0.05, 0) is 24.3 Å². The Morgan fingerprint density at radius 1 is 1.21 bits per heavy atom. The summed E-state index contributed by atoms with van der Waals surface area (Å²) in [6.07, 6.45) is 0. The number of nitrogens with zero attached hydrogens (tertiary/aromatic N) is 3. The number of imidazole rings is 1. The highest BCUT2D eigenvalue weighted by Crippen LogP contribution is 2.29. The van der Waals surface area contributed by atoms with Crippen molar-refractivity contribution in [2.75, 3.05) is 36.3 Å². The van der Waals surface area contributed by atoms with Crippen LogP contribution in [0.15, 0.2) is 24.3 Å². The third-order valence-electron chi connectivity index (χ3n) is 4.57. The van der Waals surface area contributed by atoms with Gasteiger partial charge in [-0.1, -0.05) is 11.6 Å². The van der Waals surface area contributed by atoms with E-state index in [1.54, 1.807) is 0 Å². The van der Waals surface area contributed by atoms with E-state index in [-0.39, 0.29) is 27.3 Å². The predicted molar refractivity (Wildman–Crippen MR) is 102 cm³/mol. The van der Waals surface area contributed by atoms with Crippen LogP contribution in [0.2, 0.25) is 5.02 Å². The van der Waals surface area contributed by atoms with Gasteiger partial charge in [0.15, 0.2) is 17.5 Å². The Kier molecular flexibility index (Phi) is 5.07. The topological polar surface area (TPSA) is 88.5 Å². The molecule has 152 valence electrons. The minimum absolute atomic E-state index is 0.0211. The molecule has 2 aromatic carbocycles. The van der Waals surface area contributed by atoms with Crippen LogP contribution < -0.4 is 9.96 Å². The molecule has 1 aromatic heterocycles. The maximum atomic E-state index is 14.3. The van der Waals surface area contributed by atoms with Crippen LogP contribution in [0.1, 0.15) is 5.56 Å². The second-order valence-electron chi connectivity index (χ2n) is 6.36. The van der Waals surface area contributed by atoms with Crippen LogP contribution in [-0.2, 0) is 4.74 Å². The maximum Gasteiger partial charge on any atom is 0.204 e. The van der Waals surface area contributed by atoms with Crippen molar-refractivity contribution in [2.45, 2.75) is 0 Å². The smallest absolute Gasteiger partial charge is 0.204 e. The molecule has 0 bridgehead atoms. The summed E-state index contributed by atoms with van der Waals surface area (Å²) < 4.78 is 47.1. The van der Waals surface area contributed by atoms with Crippen molar-refractivity contribution in [3.8, 4) is 0 Å². The van der Waals surface area contributed by atoms with Gasteiger partial charge in [0.25, 0.3) is 0 Å². The van der Waals surface area contributed by atoms with E-state index in [0.29, 0.717) is 37.3 Å². The normalized spacial score (nSPS) is 14.4. The molecule has 2 heterocycles. The number of nitrogens with one attached hydrogen (secondary N) is 2. The maximum absolute atomic E-state index is 14.3. The Hall–Kier alpha value is -2.82. The molecule has 7 nitrogen and oxygen atoms in total. The molecular weight excluding hydrogens is 411 g/mol. The lowest BCUT2D eigenvalue weighted by atomic mass is 10.1. The van der Waals surface area contributed by atoms with Crippen molar-refractivity contribution in [1.82, 2.24) is 9.97 Å². The van der Waals surface area contributed by atoms with Crippen LogP contribution in [0.25, 0.3) is 11.0 Å². The predicted octanol–water partition coefficient (Wildman–Crippen LogP) is 3.69. The summed E-state index contributed by atoms with van der Waals surface area (Å²) in [6, 6.07) is 4.10. The highest BCUT2D eigenvalue weighted by Gasteiger charge is 2.24. The Morgan fingerprint density at radius 2 is 1.93 bits per heavy atom. The van der Waals surface area contributed by atoms with E-state index in [1.807, 2.05) is 4.90 Å². The molecule has 0 radical (unpaired) electrons. The minimum atomic E-state index is -1.22. The first-order chi connectivity index (χ1) is 13.9.